The molecule has 0 bridgehead atoms. The number of nitro benzene ring substituents is 1. The molecule has 0 aliphatic carbocycles. The van der Waals surface area contributed by atoms with E-state index in [0.29, 0.717) is 10.0 Å². The molecule has 0 saturated carbocycles. The summed E-state index contributed by atoms with van der Waals surface area (Å²) in [5.41, 5.74) is 1.54. The van der Waals surface area contributed by atoms with Crippen LogP contribution in [0.3, 0.4) is 0 Å². The molecule has 1 aromatic rings. The van der Waals surface area contributed by atoms with Crippen LogP contribution in [0.2, 0.25) is 0 Å². The van der Waals surface area contributed by atoms with Gasteiger partial charge in [0.25, 0.3) is 5.69 Å². The number of anilines is 1. The Morgan fingerprint density at radius 1 is 1.54 bits per heavy atom. The molecule has 5 heteroatoms. The SMILES string of the molecule is CNc1cc(Br)cc([N+](=O)[O-])c1C. The number of hydrogen-bond donors (Lipinski definition) is 1. The number of benzene rings is 1. The Morgan fingerprint density at radius 2 is 2.15 bits per heavy atom. The van der Waals surface area contributed by atoms with Crippen LogP contribution in [-0.4, -0.2) is 12.0 Å². The zero-order chi connectivity index (χ0) is 10.0. The van der Waals surface area contributed by atoms with Gasteiger partial charge in [0, 0.05) is 28.8 Å². The van der Waals surface area contributed by atoms with Crippen LogP contribution >= 0.6 is 15.9 Å². The first-order valence-electron chi connectivity index (χ1n) is 3.68. The zero-order valence-corrected chi connectivity index (χ0v) is 8.88. The van der Waals surface area contributed by atoms with Crippen molar-refractivity contribution in [1.29, 1.82) is 0 Å². The van der Waals surface area contributed by atoms with Crippen LogP contribution in [0.5, 0.6) is 0 Å². The van der Waals surface area contributed by atoms with E-state index in [1.807, 2.05) is 6.07 Å². The highest BCUT2D eigenvalue weighted by Gasteiger charge is 2.14. The van der Waals surface area contributed by atoms with Gasteiger partial charge in [-0.15, -0.1) is 0 Å². The number of nitrogens with one attached hydrogen (secondary N) is 1. The molecule has 0 radical (unpaired) electrons. The summed E-state index contributed by atoms with van der Waals surface area (Å²) in [6.45, 7) is 1.72. The van der Waals surface area contributed by atoms with Gasteiger partial charge < -0.3 is 5.32 Å². The lowest BCUT2D eigenvalue weighted by atomic mass is 10.1. The maximum absolute atomic E-state index is 10.6. The maximum atomic E-state index is 10.6. The van der Waals surface area contributed by atoms with Crippen LogP contribution in [0.1, 0.15) is 5.56 Å². The second-order valence-electron chi connectivity index (χ2n) is 2.60. The molecule has 70 valence electrons. The van der Waals surface area contributed by atoms with Crippen molar-refractivity contribution in [3.8, 4) is 0 Å². The van der Waals surface area contributed by atoms with Gasteiger partial charge in [0.05, 0.1) is 4.92 Å². The lowest BCUT2D eigenvalue weighted by molar-refractivity contribution is -0.385. The Hall–Kier alpha value is -1.10. The quantitative estimate of drug-likeness (QED) is 0.643. The minimum atomic E-state index is -0.388. The first kappa shape index (κ1) is 9.98. The fraction of sp³-hybridized carbons (Fsp3) is 0.250. The molecular weight excluding hydrogens is 236 g/mol. The average molecular weight is 245 g/mol. The highest BCUT2D eigenvalue weighted by molar-refractivity contribution is 9.10. The van der Waals surface area contributed by atoms with E-state index in [4.69, 9.17) is 0 Å². The minimum Gasteiger partial charge on any atom is -0.388 e. The summed E-state index contributed by atoms with van der Waals surface area (Å²) in [4.78, 5) is 10.2. The second kappa shape index (κ2) is 3.74. The number of nitro groups is 1. The largest absolute Gasteiger partial charge is 0.388 e. The van der Waals surface area contributed by atoms with E-state index in [-0.39, 0.29) is 10.6 Å². The van der Waals surface area contributed by atoms with E-state index in [0.717, 1.165) is 5.69 Å². The van der Waals surface area contributed by atoms with Gasteiger partial charge >= 0.3 is 0 Å². The number of hydrogen-bond acceptors (Lipinski definition) is 3. The Bertz CT molecular complexity index is 352. The standard InChI is InChI=1S/C8H9BrN2O2/c1-5-7(10-2)3-6(9)4-8(5)11(12)13/h3-4,10H,1-2H3. The van der Waals surface area contributed by atoms with Gasteiger partial charge in [0.15, 0.2) is 0 Å². The van der Waals surface area contributed by atoms with E-state index in [1.165, 1.54) is 6.07 Å². The van der Waals surface area contributed by atoms with E-state index < -0.39 is 0 Å². The third-order valence-electron chi connectivity index (χ3n) is 1.81. The average Bonchev–Trinajstić information content (AvgIpc) is 2.08. The molecular formula is C8H9BrN2O2. The molecule has 1 rings (SSSR count). The summed E-state index contributed by atoms with van der Waals surface area (Å²) in [6.07, 6.45) is 0. The molecule has 0 fully saturated rings. The van der Waals surface area contributed by atoms with Crippen molar-refractivity contribution in [3.05, 3.63) is 32.3 Å². The van der Waals surface area contributed by atoms with Gasteiger partial charge in [-0.2, -0.15) is 0 Å². The second-order valence-corrected chi connectivity index (χ2v) is 3.52. The molecule has 0 unspecified atom stereocenters. The normalized spacial score (nSPS) is 9.77. The van der Waals surface area contributed by atoms with Crippen LogP contribution in [-0.2, 0) is 0 Å². The Morgan fingerprint density at radius 3 is 2.62 bits per heavy atom. The molecule has 1 N–H and O–H groups in total. The van der Waals surface area contributed by atoms with E-state index in [9.17, 15) is 10.1 Å². The summed E-state index contributed by atoms with van der Waals surface area (Å²) in [7, 11) is 1.73. The molecule has 4 nitrogen and oxygen atoms in total. The molecule has 0 atom stereocenters. The van der Waals surface area contributed by atoms with Crippen LogP contribution < -0.4 is 5.32 Å². The van der Waals surface area contributed by atoms with Crippen LogP contribution in [0, 0.1) is 17.0 Å². The fourth-order valence-corrected chi connectivity index (χ4v) is 1.56. The van der Waals surface area contributed by atoms with Crippen molar-refractivity contribution in [1.82, 2.24) is 0 Å². The van der Waals surface area contributed by atoms with E-state index in [2.05, 4.69) is 21.2 Å². The highest BCUT2D eigenvalue weighted by Crippen LogP contribution is 2.29. The van der Waals surface area contributed by atoms with Gasteiger partial charge in [-0.05, 0) is 13.0 Å². The van der Waals surface area contributed by atoms with E-state index >= 15 is 0 Å². The molecule has 0 amide bonds. The first-order chi connectivity index (χ1) is 6.06. The van der Waals surface area contributed by atoms with Crippen molar-refractivity contribution in [2.75, 3.05) is 12.4 Å². The smallest absolute Gasteiger partial charge is 0.275 e. The molecule has 1 aromatic carbocycles. The third-order valence-corrected chi connectivity index (χ3v) is 2.27. The molecule has 0 saturated heterocycles. The molecule has 13 heavy (non-hydrogen) atoms. The summed E-state index contributed by atoms with van der Waals surface area (Å²) >= 11 is 3.21. The Labute approximate surface area is 84.2 Å². The predicted molar refractivity (Wildman–Crippen MR) is 55.1 cm³/mol. The van der Waals surface area contributed by atoms with E-state index in [1.54, 1.807) is 14.0 Å². The molecule has 0 aliphatic heterocycles. The van der Waals surface area contributed by atoms with Crippen LogP contribution in [0.25, 0.3) is 0 Å². The third kappa shape index (κ3) is 1.98. The first-order valence-corrected chi connectivity index (χ1v) is 4.48. The lowest BCUT2D eigenvalue weighted by Crippen LogP contribution is -1.97. The van der Waals surface area contributed by atoms with Crippen LogP contribution in [0.15, 0.2) is 16.6 Å². The Balaban J connectivity index is 3.35. The van der Waals surface area contributed by atoms with Gasteiger partial charge in [-0.25, -0.2) is 0 Å². The van der Waals surface area contributed by atoms with Gasteiger partial charge in [-0.1, -0.05) is 15.9 Å². The van der Waals surface area contributed by atoms with Crippen molar-refractivity contribution in [3.63, 3.8) is 0 Å². The minimum absolute atomic E-state index is 0.124. The molecule has 0 heterocycles. The topological polar surface area (TPSA) is 55.2 Å². The number of halogens is 1. The summed E-state index contributed by atoms with van der Waals surface area (Å²) in [5.74, 6) is 0. The monoisotopic (exact) mass is 244 g/mol. The maximum Gasteiger partial charge on any atom is 0.275 e. The van der Waals surface area contributed by atoms with Crippen molar-refractivity contribution >= 4 is 27.3 Å². The van der Waals surface area contributed by atoms with Crippen molar-refractivity contribution in [2.45, 2.75) is 6.92 Å². The number of nitrogens with zero attached hydrogens (tertiary/aromatic N) is 1. The van der Waals surface area contributed by atoms with Gasteiger partial charge in [-0.3, -0.25) is 10.1 Å². The highest BCUT2D eigenvalue weighted by atomic mass is 79.9. The van der Waals surface area contributed by atoms with Crippen LogP contribution in [0.4, 0.5) is 11.4 Å². The zero-order valence-electron chi connectivity index (χ0n) is 7.30. The van der Waals surface area contributed by atoms with Gasteiger partial charge in [0.2, 0.25) is 0 Å². The molecule has 0 spiro atoms. The van der Waals surface area contributed by atoms with Crippen molar-refractivity contribution < 1.29 is 4.92 Å². The number of rotatable bonds is 2. The van der Waals surface area contributed by atoms with Gasteiger partial charge in [0.1, 0.15) is 0 Å². The summed E-state index contributed by atoms with van der Waals surface area (Å²) in [5, 5.41) is 13.5. The summed E-state index contributed by atoms with van der Waals surface area (Å²) < 4.78 is 0.703. The lowest BCUT2D eigenvalue weighted by Gasteiger charge is -2.05. The predicted octanol–water partition coefficient (Wildman–Crippen LogP) is 2.71. The summed E-state index contributed by atoms with van der Waals surface area (Å²) in [6, 6.07) is 3.30. The van der Waals surface area contributed by atoms with Crippen molar-refractivity contribution in [2.24, 2.45) is 0 Å². The molecule has 0 aliphatic rings. The fourth-order valence-electron chi connectivity index (χ4n) is 1.11. The Kier molecular flexibility index (Phi) is 2.87. The molecule has 0 aromatic heterocycles.